The summed E-state index contributed by atoms with van der Waals surface area (Å²) in [6.07, 6.45) is 4.56. The molecule has 0 spiro atoms. The zero-order chi connectivity index (χ0) is 15.0. The van der Waals surface area contributed by atoms with Gasteiger partial charge >= 0.3 is 0 Å². The molecule has 0 saturated heterocycles. The molecule has 0 aromatic rings. The van der Waals surface area contributed by atoms with Crippen LogP contribution in [0.1, 0.15) is 39.0 Å². The molecule has 6 heteroatoms. The van der Waals surface area contributed by atoms with Crippen LogP contribution in [-0.4, -0.2) is 44.2 Å². The number of carbonyl (C=O) groups is 2. The van der Waals surface area contributed by atoms with E-state index in [1.807, 2.05) is 0 Å². The monoisotopic (exact) mass is 285 g/mol. The molecule has 0 heterocycles. The second-order valence-electron chi connectivity index (χ2n) is 5.57. The number of rotatable bonds is 7. The summed E-state index contributed by atoms with van der Waals surface area (Å²) in [6.45, 7) is 2.60. The van der Waals surface area contributed by atoms with Gasteiger partial charge in [0.1, 0.15) is 6.04 Å². The maximum Gasteiger partial charge on any atom is 0.242 e. The van der Waals surface area contributed by atoms with Gasteiger partial charge in [0.05, 0.1) is 6.61 Å². The summed E-state index contributed by atoms with van der Waals surface area (Å²) in [5, 5.41) is 5.44. The Kier molecular flexibility index (Phi) is 7.54. The van der Waals surface area contributed by atoms with Crippen LogP contribution >= 0.6 is 0 Å². The topological polar surface area (TPSA) is 93.5 Å². The van der Waals surface area contributed by atoms with Crippen molar-refractivity contribution in [3.63, 3.8) is 0 Å². The van der Waals surface area contributed by atoms with Crippen molar-refractivity contribution in [2.45, 2.75) is 51.1 Å². The molecule has 3 unspecified atom stereocenters. The lowest BCUT2D eigenvalue weighted by Gasteiger charge is -2.26. The molecular weight excluding hydrogens is 258 g/mol. The third-order valence-corrected chi connectivity index (χ3v) is 3.67. The first kappa shape index (κ1) is 16.9. The van der Waals surface area contributed by atoms with Gasteiger partial charge in [0.25, 0.3) is 0 Å². The van der Waals surface area contributed by atoms with Crippen LogP contribution in [0.5, 0.6) is 0 Å². The largest absolute Gasteiger partial charge is 0.383 e. The molecular formula is C14H27N3O3. The molecule has 6 nitrogen and oxygen atoms in total. The van der Waals surface area contributed by atoms with Crippen molar-refractivity contribution in [2.24, 2.45) is 11.7 Å². The zero-order valence-electron chi connectivity index (χ0n) is 12.5. The van der Waals surface area contributed by atoms with Crippen molar-refractivity contribution >= 4 is 11.8 Å². The SMILES string of the molecule is COCCNC(=O)C(C)NC(=O)CC1CCCC(N)C1. The van der Waals surface area contributed by atoms with Gasteiger partial charge in [-0.15, -0.1) is 0 Å². The summed E-state index contributed by atoms with van der Waals surface area (Å²) < 4.78 is 4.85. The highest BCUT2D eigenvalue weighted by atomic mass is 16.5. The minimum Gasteiger partial charge on any atom is -0.383 e. The lowest BCUT2D eigenvalue weighted by molar-refractivity contribution is -0.129. The van der Waals surface area contributed by atoms with Gasteiger partial charge in [-0.3, -0.25) is 9.59 Å². The molecule has 3 atom stereocenters. The number of methoxy groups -OCH3 is 1. The molecule has 0 aromatic heterocycles. The fourth-order valence-corrected chi connectivity index (χ4v) is 2.58. The molecule has 2 amide bonds. The van der Waals surface area contributed by atoms with Crippen LogP contribution in [0.2, 0.25) is 0 Å². The van der Waals surface area contributed by atoms with Crippen molar-refractivity contribution in [3.05, 3.63) is 0 Å². The van der Waals surface area contributed by atoms with Crippen LogP contribution < -0.4 is 16.4 Å². The second-order valence-corrected chi connectivity index (χ2v) is 5.57. The zero-order valence-corrected chi connectivity index (χ0v) is 12.5. The highest BCUT2D eigenvalue weighted by Crippen LogP contribution is 2.25. The maximum atomic E-state index is 11.9. The summed E-state index contributed by atoms with van der Waals surface area (Å²) in [6, 6.07) is -0.298. The Labute approximate surface area is 120 Å². The summed E-state index contributed by atoms with van der Waals surface area (Å²) in [5.74, 6) is 0.0942. The average molecular weight is 285 g/mol. The summed E-state index contributed by atoms with van der Waals surface area (Å²) in [7, 11) is 1.58. The summed E-state index contributed by atoms with van der Waals surface area (Å²) in [5.41, 5.74) is 5.91. The highest BCUT2D eigenvalue weighted by Gasteiger charge is 2.23. The third kappa shape index (κ3) is 6.34. The van der Waals surface area contributed by atoms with E-state index in [1.165, 1.54) is 0 Å². The maximum absolute atomic E-state index is 11.9. The number of carbonyl (C=O) groups excluding carboxylic acids is 2. The molecule has 1 aliphatic carbocycles. The van der Waals surface area contributed by atoms with Crippen molar-refractivity contribution in [2.75, 3.05) is 20.3 Å². The highest BCUT2D eigenvalue weighted by molar-refractivity contribution is 5.87. The molecule has 4 N–H and O–H groups in total. The average Bonchev–Trinajstić information content (AvgIpc) is 2.38. The molecule has 1 saturated carbocycles. The smallest absolute Gasteiger partial charge is 0.242 e. The third-order valence-electron chi connectivity index (χ3n) is 3.67. The minimum atomic E-state index is -0.517. The van der Waals surface area contributed by atoms with Gasteiger partial charge < -0.3 is 21.1 Å². The predicted molar refractivity (Wildman–Crippen MR) is 77.0 cm³/mol. The van der Waals surface area contributed by atoms with E-state index in [0.29, 0.717) is 25.5 Å². The second kappa shape index (κ2) is 8.92. The summed E-state index contributed by atoms with van der Waals surface area (Å²) in [4.78, 5) is 23.6. The molecule has 1 rings (SSSR count). The van der Waals surface area contributed by atoms with Crippen LogP contribution in [0.15, 0.2) is 0 Å². The fraction of sp³-hybridized carbons (Fsp3) is 0.857. The first-order valence-corrected chi connectivity index (χ1v) is 7.34. The van der Waals surface area contributed by atoms with Crippen LogP contribution in [-0.2, 0) is 14.3 Å². The number of amides is 2. The van der Waals surface area contributed by atoms with E-state index in [0.717, 1.165) is 25.7 Å². The molecule has 0 radical (unpaired) electrons. The lowest BCUT2D eigenvalue weighted by atomic mass is 9.84. The molecule has 1 aliphatic rings. The molecule has 20 heavy (non-hydrogen) atoms. The van der Waals surface area contributed by atoms with Crippen molar-refractivity contribution in [3.8, 4) is 0 Å². The van der Waals surface area contributed by atoms with Crippen LogP contribution in [0.25, 0.3) is 0 Å². The normalized spacial score (nSPS) is 23.9. The van der Waals surface area contributed by atoms with Gasteiger partial charge in [0, 0.05) is 26.1 Å². The standard InChI is InChI=1S/C14H27N3O3/c1-10(14(19)16-6-7-20-2)17-13(18)9-11-4-3-5-12(15)8-11/h10-12H,3-9,15H2,1-2H3,(H,16,19)(H,17,18). The van der Waals surface area contributed by atoms with Crippen molar-refractivity contribution < 1.29 is 14.3 Å². The van der Waals surface area contributed by atoms with Crippen LogP contribution in [0, 0.1) is 5.92 Å². The quantitative estimate of drug-likeness (QED) is 0.581. The van der Waals surface area contributed by atoms with E-state index in [-0.39, 0.29) is 17.9 Å². The predicted octanol–water partition coefficient (Wildman–Crippen LogP) is 0.161. The van der Waals surface area contributed by atoms with Gasteiger partial charge in [-0.1, -0.05) is 6.42 Å². The number of hydrogen-bond donors (Lipinski definition) is 3. The Balaban J connectivity index is 2.24. The molecule has 0 aromatic carbocycles. The van der Waals surface area contributed by atoms with E-state index in [4.69, 9.17) is 10.5 Å². The summed E-state index contributed by atoms with van der Waals surface area (Å²) >= 11 is 0. The minimum absolute atomic E-state index is 0.0708. The Morgan fingerprint density at radius 2 is 2.15 bits per heavy atom. The molecule has 0 bridgehead atoms. The van der Waals surface area contributed by atoms with Crippen LogP contribution in [0.4, 0.5) is 0 Å². The molecule has 116 valence electrons. The van der Waals surface area contributed by atoms with E-state index in [9.17, 15) is 9.59 Å². The molecule has 0 aliphatic heterocycles. The van der Waals surface area contributed by atoms with Gasteiger partial charge in [0.15, 0.2) is 0 Å². The van der Waals surface area contributed by atoms with E-state index in [2.05, 4.69) is 10.6 Å². The van der Waals surface area contributed by atoms with Crippen molar-refractivity contribution in [1.82, 2.24) is 10.6 Å². The Morgan fingerprint density at radius 3 is 2.80 bits per heavy atom. The molecule has 1 fully saturated rings. The van der Waals surface area contributed by atoms with E-state index < -0.39 is 6.04 Å². The first-order valence-electron chi connectivity index (χ1n) is 7.34. The van der Waals surface area contributed by atoms with E-state index in [1.54, 1.807) is 14.0 Å². The first-order chi connectivity index (χ1) is 9.52. The number of nitrogens with one attached hydrogen (secondary N) is 2. The Morgan fingerprint density at radius 1 is 1.40 bits per heavy atom. The van der Waals surface area contributed by atoms with Crippen LogP contribution in [0.3, 0.4) is 0 Å². The van der Waals surface area contributed by atoms with Gasteiger partial charge in [-0.05, 0) is 32.1 Å². The Bertz CT molecular complexity index is 323. The number of nitrogens with two attached hydrogens (primary N) is 1. The van der Waals surface area contributed by atoms with Gasteiger partial charge in [0.2, 0.25) is 11.8 Å². The Hall–Kier alpha value is -1.14. The lowest BCUT2D eigenvalue weighted by Crippen LogP contribution is -2.46. The fourth-order valence-electron chi connectivity index (χ4n) is 2.58. The van der Waals surface area contributed by atoms with Gasteiger partial charge in [-0.2, -0.15) is 0 Å². The van der Waals surface area contributed by atoms with Gasteiger partial charge in [-0.25, -0.2) is 0 Å². The number of ether oxygens (including phenoxy) is 1. The van der Waals surface area contributed by atoms with Crippen molar-refractivity contribution in [1.29, 1.82) is 0 Å². The number of hydrogen-bond acceptors (Lipinski definition) is 4. The van der Waals surface area contributed by atoms with E-state index >= 15 is 0 Å².